The molecule has 0 fully saturated rings. The van der Waals surface area contributed by atoms with Crippen LogP contribution in [0.1, 0.15) is 33.8 Å². The number of benzene rings is 2. The molecule has 2 unspecified atom stereocenters. The fraction of sp³-hybridized carbons (Fsp3) is 0.0833. The van der Waals surface area contributed by atoms with Crippen LogP contribution in [0.3, 0.4) is 0 Å². The lowest BCUT2D eigenvalue weighted by Gasteiger charge is -2.28. The fourth-order valence-corrected chi connectivity index (χ4v) is 4.37. The molecule has 2 aromatic carbocycles. The van der Waals surface area contributed by atoms with Crippen molar-refractivity contribution in [2.45, 2.75) is 12.1 Å². The Bertz CT molecular complexity index is 1300. The largest absolute Gasteiger partial charge is 0.459 e. The van der Waals surface area contributed by atoms with Crippen LogP contribution in [0.15, 0.2) is 94.3 Å². The van der Waals surface area contributed by atoms with Crippen LogP contribution in [0.2, 0.25) is 10.0 Å². The Morgan fingerprint density at radius 1 is 0.774 bits per heavy atom. The monoisotopic (exact) mass is 450 g/mol. The molecule has 2 atom stereocenters. The van der Waals surface area contributed by atoms with E-state index in [9.17, 15) is 9.59 Å². The smallest absolute Gasteiger partial charge is 0.295 e. The topological polar surface area (TPSA) is 55.5 Å². The van der Waals surface area contributed by atoms with Gasteiger partial charge in [0.25, 0.3) is 11.5 Å². The van der Waals surface area contributed by atoms with Crippen molar-refractivity contribution in [2.24, 2.45) is 0 Å². The van der Waals surface area contributed by atoms with E-state index in [-0.39, 0.29) is 17.2 Å². The first-order valence-corrected chi connectivity index (χ1v) is 10.4. The van der Waals surface area contributed by atoms with E-state index >= 15 is 0 Å². The molecule has 154 valence electrons. The van der Waals surface area contributed by atoms with E-state index in [0.717, 1.165) is 11.1 Å². The molecule has 0 spiro atoms. The van der Waals surface area contributed by atoms with Gasteiger partial charge in [-0.15, -0.1) is 0 Å². The van der Waals surface area contributed by atoms with E-state index in [1.165, 1.54) is 12.3 Å². The number of carbonyl (C=O) groups excluding carboxylic acids is 1. The highest BCUT2D eigenvalue weighted by Gasteiger charge is 2.44. The molecule has 0 saturated heterocycles. The van der Waals surface area contributed by atoms with Crippen molar-refractivity contribution < 1.29 is 9.21 Å². The first-order chi connectivity index (χ1) is 15.0. The van der Waals surface area contributed by atoms with Crippen LogP contribution in [0, 0.1) is 0 Å². The third-order valence-electron chi connectivity index (χ3n) is 5.44. The third kappa shape index (κ3) is 3.36. The van der Waals surface area contributed by atoms with Gasteiger partial charge in [-0.25, -0.2) is 0 Å². The number of rotatable bonds is 3. The van der Waals surface area contributed by atoms with E-state index in [1.54, 1.807) is 58.0 Å². The Balaban J connectivity index is 1.77. The summed E-state index contributed by atoms with van der Waals surface area (Å²) >= 11 is 12.2. The molecule has 1 amide bonds. The average molecular weight is 451 g/mol. The van der Waals surface area contributed by atoms with E-state index in [1.807, 2.05) is 24.3 Å². The molecule has 1 aliphatic rings. The van der Waals surface area contributed by atoms with Crippen molar-refractivity contribution >= 4 is 34.9 Å². The van der Waals surface area contributed by atoms with Crippen molar-refractivity contribution in [3.8, 4) is 0 Å². The lowest BCUT2D eigenvalue weighted by molar-refractivity contribution is 0.0951. The number of fused-ring (bicyclic) bond motifs is 1. The Morgan fingerprint density at radius 2 is 1.39 bits per heavy atom. The average Bonchev–Trinajstić information content (AvgIpc) is 3.42. The molecule has 31 heavy (non-hydrogen) atoms. The van der Waals surface area contributed by atoms with E-state index in [4.69, 9.17) is 27.6 Å². The number of hydrogen-bond donors (Lipinski definition) is 0. The zero-order valence-corrected chi connectivity index (χ0v) is 17.6. The normalized spacial score (nSPS) is 17.5. The summed E-state index contributed by atoms with van der Waals surface area (Å²) in [7, 11) is 0. The maximum absolute atomic E-state index is 13.5. The van der Waals surface area contributed by atoms with Crippen molar-refractivity contribution in [3.05, 3.63) is 122 Å². The summed E-state index contributed by atoms with van der Waals surface area (Å²) < 4.78 is 7.04. The molecule has 0 N–H and O–H groups in total. The summed E-state index contributed by atoms with van der Waals surface area (Å²) in [5.41, 5.74) is 1.49. The van der Waals surface area contributed by atoms with Crippen LogP contribution in [0.4, 0.5) is 5.82 Å². The highest BCUT2D eigenvalue weighted by molar-refractivity contribution is 6.30. The predicted molar refractivity (Wildman–Crippen MR) is 120 cm³/mol. The molecule has 3 heterocycles. The van der Waals surface area contributed by atoms with Crippen LogP contribution in [0.25, 0.3) is 0 Å². The number of halogens is 2. The van der Waals surface area contributed by atoms with Gasteiger partial charge in [-0.1, -0.05) is 53.5 Å². The summed E-state index contributed by atoms with van der Waals surface area (Å²) in [6.45, 7) is 0. The summed E-state index contributed by atoms with van der Waals surface area (Å²) in [6.07, 6.45) is 1.45. The number of carbonyl (C=O) groups is 1. The highest BCUT2D eigenvalue weighted by atomic mass is 35.5. The Kier molecular flexibility index (Phi) is 4.93. The number of aromatic nitrogens is 1. The van der Waals surface area contributed by atoms with Gasteiger partial charge in [0.2, 0.25) is 0 Å². The summed E-state index contributed by atoms with van der Waals surface area (Å²) in [5.74, 6) is 0.355. The second kappa shape index (κ2) is 7.76. The summed E-state index contributed by atoms with van der Waals surface area (Å²) in [4.78, 5) is 28.1. The quantitative estimate of drug-likeness (QED) is 0.399. The van der Waals surface area contributed by atoms with Gasteiger partial charge < -0.3 is 4.42 Å². The Labute approximate surface area is 188 Å². The van der Waals surface area contributed by atoms with Crippen LogP contribution in [-0.4, -0.2) is 10.5 Å². The van der Waals surface area contributed by atoms with E-state index in [0.29, 0.717) is 15.9 Å². The second-order valence-electron chi connectivity index (χ2n) is 7.24. The molecule has 5 rings (SSSR count). The van der Waals surface area contributed by atoms with Gasteiger partial charge in [-0.3, -0.25) is 19.1 Å². The lowest BCUT2D eigenvalue weighted by Crippen LogP contribution is -2.33. The number of amides is 1. The highest BCUT2D eigenvalue weighted by Crippen LogP contribution is 2.47. The first kappa shape index (κ1) is 19.7. The number of nitrogens with zero attached hydrogens (tertiary/aromatic N) is 2. The maximum atomic E-state index is 13.5. The molecule has 0 aliphatic carbocycles. The minimum absolute atomic E-state index is 0.193. The summed E-state index contributed by atoms with van der Waals surface area (Å²) in [5, 5.41) is 1.18. The Morgan fingerprint density at radius 3 is 1.97 bits per heavy atom. The van der Waals surface area contributed by atoms with Crippen LogP contribution < -0.4 is 10.5 Å². The molecule has 2 aromatic heterocycles. The molecule has 1 aliphatic heterocycles. The van der Waals surface area contributed by atoms with Gasteiger partial charge in [0.1, 0.15) is 5.82 Å². The number of pyridine rings is 1. The molecular weight excluding hydrogens is 435 g/mol. The van der Waals surface area contributed by atoms with E-state index < -0.39 is 12.1 Å². The van der Waals surface area contributed by atoms with Gasteiger partial charge in [0.15, 0.2) is 5.76 Å². The standard InChI is InChI=1S/C24H16Cl2N2O3/c25-17-10-6-15(7-11-17)22-23(16-8-12-18(26)13-9-16)28(24(30)19-3-2-14-31-19)20-4-1-5-21(29)27(20)22/h1-14,22-23H. The molecule has 0 saturated carbocycles. The van der Waals surface area contributed by atoms with Crippen LogP contribution >= 0.6 is 23.2 Å². The fourth-order valence-electron chi connectivity index (χ4n) is 4.12. The molecular formula is C24H16Cl2N2O3. The van der Waals surface area contributed by atoms with Crippen molar-refractivity contribution in [1.82, 2.24) is 4.57 Å². The van der Waals surface area contributed by atoms with E-state index in [2.05, 4.69) is 0 Å². The van der Waals surface area contributed by atoms with Gasteiger partial charge >= 0.3 is 0 Å². The zero-order valence-electron chi connectivity index (χ0n) is 16.1. The van der Waals surface area contributed by atoms with Gasteiger partial charge in [-0.05, 0) is 53.6 Å². The molecule has 4 aromatic rings. The molecule has 5 nitrogen and oxygen atoms in total. The molecule has 0 bridgehead atoms. The van der Waals surface area contributed by atoms with Crippen LogP contribution in [0.5, 0.6) is 0 Å². The number of hydrogen-bond acceptors (Lipinski definition) is 3. The first-order valence-electron chi connectivity index (χ1n) is 9.64. The van der Waals surface area contributed by atoms with Gasteiger partial charge in [-0.2, -0.15) is 0 Å². The lowest BCUT2D eigenvalue weighted by atomic mass is 9.93. The summed E-state index contributed by atoms with van der Waals surface area (Å²) in [6, 6.07) is 21.8. The minimum Gasteiger partial charge on any atom is -0.459 e. The minimum atomic E-state index is -0.494. The number of furan rings is 1. The van der Waals surface area contributed by atoms with Gasteiger partial charge in [0, 0.05) is 16.1 Å². The Hall–Kier alpha value is -3.28. The molecule has 0 radical (unpaired) electrons. The zero-order chi connectivity index (χ0) is 21.5. The maximum Gasteiger partial charge on any atom is 0.295 e. The number of anilines is 1. The van der Waals surface area contributed by atoms with Crippen molar-refractivity contribution in [3.63, 3.8) is 0 Å². The SMILES string of the molecule is O=C(c1ccco1)N1c2cccc(=O)n2C(c2ccc(Cl)cc2)C1c1ccc(Cl)cc1. The second-order valence-corrected chi connectivity index (χ2v) is 8.11. The van der Waals surface area contributed by atoms with Crippen molar-refractivity contribution in [2.75, 3.05) is 4.90 Å². The van der Waals surface area contributed by atoms with Gasteiger partial charge in [0.05, 0.1) is 18.3 Å². The molecule has 7 heteroatoms. The third-order valence-corrected chi connectivity index (χ3v) is 5.95. The predicted octanol–water partition coefficient (Wildman–Crippen LogP) is 5.74. The van der Waals surface area contributed by atoms with Crippen molar-refractivity contribution in [1.29, 1.82) is 0 Å². The van der Waals surface area contributed by atoms with Crippen LogP contribution in [-0.2, 0) is 0 Å².